The number of hydrogen-bond acceptors (Lipinski definition) is 0. The van der Waals surface area contributed by atoms with Crippen LogP contribution in [0.5, 0.6) is 0 Å². The molecule has 0 atom stereocenters. The Labute approximate surface area is 77.1 Å². The van der Waals surface area contributed by atoms with Crippen LogP contribution in [-0.2, 0) is 0 Å². The van der Waals surface area contributed by atoms with E-state index in [1.165, 1.54) is 44.9 Å². The average molecular weight is 219 g/mol. The van der Waals surface area contributed by atoms with Crippen molar-refractivity contribution in [2.45, 2.75) is 49.7 Å². The molecule has 1 fully saturated rings. The molecule has 0 amide bonds. The van der Waals surface area contributed by atoms with Crippen molar-refractivity contribution in [3.8, 4) is 0 Å². The van der Waals surface area contributed by atoms with Gasteiger partial charge in [-0.15, -0.1) is 0 Å². The Hall–Kier alpha value is 1.01. The second-order valence-corrected chi connectivity index (χ2v) is 6.77. The van der Waals surface area contributed by atoms with Gasteiger partial charge in [-0.05, 0) is 0 Å². The second-order valence-electron chi connectivity index (χ2n) is 3.37. The molecule has 1 aliphatic rings. The van der Waals surface area contributed by atoms with Crippen molar-refractivity contribution in [1.82, 2.24) is 0 Å². The monoisotopic (exact) mass is 218 g/mol. The van der Waals surface area contributed by atoms with Gasteiger partial charge in [-0.3, -0.25) is 0 Å². The first-order chi connectivity index (χ1) is 4.93. The standard InChI is InChI=1S/C8H15.Al.BrH.H/c1-2-4-6-8-7-5-3-1;;;/h1H,2-8H2;;1H;/q;+1;;/p-1. The largest absolute Gasteiger partial charge is 0.345 e. The van der Waals surface area contributed by atoms with Crippen LogP contribution in [0.25, 0.3) is 0 Å². The lowest BCUT2D eigenvalue weighted by Crippen LogP contribution is -2.00. The van der Waals surface area contributed by atoms with E-state index >= 15 is 0 Å². The fraction of sp³-hybridized carbons (Fsp3) is 1.00. The zero-order valence-electron chi connectivity index (χ0n) is 6.61. The lowest BCUT2D eigenvalue weighted by molar-refractivity contribution is 0.503. The van der Waals surface area contributed by atoms with Crippen molar-refractivity contribution in [1.29, 1.82) is 0 Å². The fourth-order valence-electron chi connectivity index (χ4n) is 1.69. The van der Waals surface area contributed by atoms with Crippen LogP contribution < -0.4 is 0 Å². The summed E-state index contributed by atoms with van der Waals surface area (Å²) in [5.41, 5.74) is 0. The third-order valence-corrected chi connectivity index (χ3v) is 6.44. The molecule has 0 unspecified atom stereocenters. The number of hydrogen-bond donors (Lipinski definition) is 0. The van der Waals surface area contributed by atoms with Gasteiger partial charge in [0.2, 0.25) is 0 Å². The van der Waals surface area contributed by atoms with Crippen LogP contribution in [0.2, 0.25) is 4.78 Å². The Morgan fingerprint density at radius 1 is 0.900 bits per heavy atom. The van der Waals surface area contributed by atoms with Crippen LogP contribution in [0.3, 0.4) is 0 Å². The smallest absolute Gasteiger partial charge is 0.223 e. The third-order valence-electron chi connectivity index (χ3n) is 2.44. The minimum atomic E-state index is 0.143. The molecule has 0 nitrogen and oxygen atoms in total. The fourth-order valence-corrected chi connectivity index (χ4v) is 4.52. The first-order valence-corrected chi connectivity index (χ1v) is 9.21. The van der Waals surface area contributed by atoms with Gasteiger partial charge in [0.05, 0.1) is 0 Å². The molecule has 0 spiro atoms. The van der Waals surface area contributed by atoms with Crippen molar-refractivity contribution in [3.05, 3.63) is 0 Å². The molecular weight excluding hydrogens is 203 g/mol. The van der Waals surface area contributed by atoms with Gasteiger partial charge in [0.15, 0.2) is 0 Å². The van der Waals surface area contributed by atoms with Gasteiger partial charge in [0.25, 0.3) is 0 Å². The summed E-state index contributed by atoms with van der Waals surface area (Å²) >= 11 is 3.85. The molecule has 0 aromatic rings. The van der Waals surface area contributed by atoms with Crippen molar-refractivity contribution < 1.29 is 0 Å². The van der Waals surface area contributed by atoms with E-state index in [0.717, 1.165) is 4.78 Å². The van der Waals surface area contributed by atoms with Crippen LogP contribution in [0.4, 0.5) is 0 Å². The van der Waals surface area contributed by atoms with Crippen LogP contribution in [-0.4, -0.2) is 13.4 Å². The van der Waals surface area contributed by atoms with E-state index in [1.54, 1.807) is 0 Å². The van der Waals surface area contributed by atoms with Gasteiger partial charge in [-0.2, -0.15) is 0 Å². The predicted molar refractivity (Wildman–Crippen MR) is 52.1 cm³/mol. The lowest BCUT2D eigenvalue weighted by Gasteiger charge is -2.15. The summed E-state index contributed by atoms with van der Waals surface area (Å²) in [4.78, 5) is 0. The molecule has 0 saturated heterocycles. The summed E-state index contributed by atoms with van der Waals surface area (Å²) in [7, 11) is 0. The number of rotatable bonds is 1. The Bertz CT molecular complexity index is 77.3. The maximum atomic E-state index is 3.71. The van der Waals surface area contributed by atoms with E-state index in [1.807, 2.05) is 0 Å². The van der Waals surface area contributed by atoms with Crippen LogP contribution in [0, 0.1) is 0 Å². The van der Waals surface area contributed by atoms with E-state index in [0.29, 0.717) is 0 Å². The molecule has 1 saturated carbocycles. The second kappa shape index (κ2) is 5.64. The van der Waals surface area contributed by atoms with Crippen LogP contribution in [0.15, 0.2) is 0 Å². The van der Waals surface area contributed by atoms with Gasteiger partial charge in [0.1, 0.15) is 0 Å². The van der Waals surface area contributed by atoms with Gasteiger partial charge in [-0.25, -0.2) is 14.1 Å². The van der Waals surface area contributed by atoms with Gasteiger partial charge < -0.3 is 0 Å². The molecule has 0 aliphatic heterocycles. The molecule has 0 radical (unpaired) electrons. The Kier molecular flexibility index (Phi) is 5.13. The topological polar surface area (TPSA) is 0 Å². The van der Waals surface area contributed by atoms with Gasteiger partial charge in [0, 0.05) is 0 Å². The SMILES string of the molecule is [Br][AlH][CH]1CCCCCCC1. The lowest BCUT2D eigenvalue weighted by atomic mass is 10.0. The molecule has 1 rings (SSSR count). The molecular formula is C8H16AlBr. The highest BCUT2D eigenvalue weighted by Gasteiger charge is 2.10. The van der Waals surface area contributed by atoms with Crippen molar-refractivity contribution >= 4 is 27.4 Å². The zero-order valence-corrected chi connectivity index (χ0v) is 9.61. The summed E-state index contributed by atoms with van der Waals surface area (Å²) < 4.78 is 1.13. The van der Waals surface area contributed by atoms with Crippen molar-refractivity contribution in [2.75, 3.05) is 0 Å². The molecule has 0 bridgehead atoms. The minimum Gasteiger partial charge on any atom is -0.223 e. The van der Waals surface area contributed by atoms with Crippen molar-refractivity contribution in [2.24, 2.45) is 0 Å². The maximum Gasteiger partial charge on any atom is 0.345 e. The molecule has 0 aromatic carbocycles. The summed E-state index contributed by atoms with van der Waals surface area (Å²) in [6.07, 6.45) is 10.5. The molecule has 0 N–H and O–H groups in total. The quantitative estimate of drug-likeness (QED) is 0.593. The molecule has 58 valence electrons. The molecule has 2 heteroatoms. The van der Waals surface area contributed by atoms with Gasteiger partial charge >= 0.3 is 13.4 Å². The van der Waals surface area contributed by atoms with Crippen molar-refractivity contribution in [3.63, 3.8) is 0 Å². The predicted octanol–water partition coefficient (Wildman–Crippen LogP) is 3.27. The van der Waals surface area contributed by atoms with Crippen LogP contribution >= 0.6 is 14.1 Å². The zero-order chi connectivity index (χ0) is 7.23. The summed E-state index contributed by atoms with van der Waals surface area (Å²) in [6, 6.07) is 0. The Morgan fingerprint density at radius 2 is 1.40 bits per heavy atom. The first-order valence-electron chi connectivity index (χ1n) is 4.49. The first kappa shape index (κ1) is 9.10. The van der Waals surface area contributed by atoms with E-state index in [-0.39, 0.29) is 13.4 Å². The Morgan fingerprint density at radius 3 is 1.90 bits per heavy atom. The minimum absolute atomic E-state index is 0.143. The Balaban J connectivity index is 2.16. The van der Waals surface area contributed by atoms with Crippen LogP contribution in [0.1, 0.15) is 44.9 Å². The third kappa shape index (κ3) is 3.42. The van der Waals surface area contributed by atoms with E-state index in [9.17, 15) is 0 Å². The highest BCUT2D eigenvalue weighted by Crippen LogP contribution is 2.26. The van der Waals surface area contributed by atoms with E-state index < -0.39 is 0 Å². The highest BCUT2D eigenvalue weighted by atomic mass is 79.9. The molecule has 1 aliphatic carbocycles. The average Bonchev–Trinajstić information content (AvgIpc) is 1.87. The van der Waals surface area contributed by atoms with E-state index in [2.05, 4.69) is 14.1 Å². The molecule has 0 heterocycles. The van der Waals surface area contributed by atoms with E-state index in [4.69, 9.17) is 0 Å². The molecule has 0 aromatic heterocycles. The maximum absolute atomic E-state index is 3.71. The summed E-state index contributed by atoms with van der Waals surface area (Å²) in [6.45, 7) is 0. The summed E-state index contributed by atoms with van der Waals surface area (Å²) in [5.74, 6) is 0. The normalized spacial score (nSPS) is 23.3. The van der Waals surface area contributed by atoms with Gasteiger partial charge in [-0.1, -0.05) is 49.7 Å². The summed E-state index contributed by atoms with van der Waals surface area (Å²) in [5, 5.41) is 0. The number of halogens is 1. The highest BCUT2D eigenvalue weighted by molar-refractivity contribution is 9.23. The molecule has 10 heavy (non-hydrogen) atoms.